The molecule has 0 unspecified atom stereocenters. The molecule has 0 aliphatic rings. The Bertz CT molecular complexity index is 737. The Morgan fingerprint density at radius 3 is 2.67 bits per heavy atom. The molecule has 18 heavy (non-hydrogen) atoms. The van der Waals surface area contributed by atoms with E-state index in [1.807, 2.05) is 0 Å². The van der Waals surface area contributed by atoms with Gasteiger partial charge in [0.05, 0.1) is 10.5 Å². The lowest BCUT2D eigenvalue weighted by atomic mass is 10.2. The molecular formula is C13H7ClF2N2. The van der Waals surface area contributed by atoms with E-state index in [0.29, 0.717) is 21.9 Å². The van der Waals surface area contributed by atoms with E-state index in [0.717, 1.165) is 6.07 Å². The number of rotatable bonds is 1. The average molecular weight is 265 g/mol. The van der Waals surface area contributed by atoms with E-state index in [2.05, 4.69) is 9.97 Å². The molecule has 0 amide bonds. The Kier molecular flexibility index (Phi) is 2.52. The van der Waals surface area contributed by atoms with E-state index in [1.165, 1.54) is 6.07 Å². The van der Waals surface area contributed by atoms with Crippen molar-refractivity contribution >= 4 is 22.6 Å². The molecule has 1 heterocycles. The van der Waals surface area contributed by atoms with Gasteiger partial charge in [-0.15, -0.1) is 0 Å². The van der Waals surface area contributed by atoms with Crippen LogP contribution in [0.3, 0.4) is 0 Å². The molecule has 1 aromatic heterocycles. The molecule has 0 spiro atoms. The predicted octanol–water partition coefficient (Wildman–Crippen LogP) is 4.16. The van der Waals surface area contributed by atoms with Gasteiger partial charge in [-0.3, -0.25) is 0 Å². The summed E-state index contributed by atoms with van der Waals surface area (Å²) in [6, 6.07) is 9.06. The number of benzene rings is 2. The van der Waals surface area contributed by atoms with Crippen LogP contribution in [0.15, 0.2) is 36.4 Å². The zero-order chi connectivity index (χ0) is 12.7. The van der Waals surface area contributed by atoms with Crippen LogP contribution in [0.1, 0.15) is 0 Å². The summed E-state index contributed by atoms with van der Waals surface area (Å²) < 4.78 is 26.6. The number of hydrogen-bond donors (Lipinski definition) is 1. The molecule has 0 atom stereocenters. The highest BCUT2D eigenvalue weighted by molar-refractivity contribution is 6.33. The summed E-state index contributed by atoms with van der Waals surface area (Å²) in [6.07, 6.45) is 0. The van der Waals surface area contributed by atoms with Gasteiger partial charge >= 0.3 is 0 Å². The minimum atomic E-state index is -0.695. The van der Waals surface area contributed by atoms with Crippen molar-refractivity contribution in [2.45, 2.75) is 0 Å². The van der Waals surface area contributed by atoms with E-state index >= 15 is 0 Å². The van der Waals surface area contributed by atoms with Crippen molar-refractivity contribution in [1.82, 2.24) is 9.97 Å². The van der Waals surface area contributed by atoms with Gasteiger partial charge in [-0.1, -0.05) is 23.7 Å². The second-order valence-electron chi connectivity index (χ2n) is 3.85. The van der Waals surface area contributed by atoms with E-state index in [9.17, 15) is 8.78 Å². The first-order valence-electron chi connectivity index (χ1n) is 5.25. The summed E-state index contributed by atoms with van der Waals surface area (Å²) in [4.78, 5) is 6.96. The van der Waals surface area contributed by atoms with Crippen molar-refractivity contribution in [2.24, 2.45) is 0 Å². The van der Waals surface area contributed by atoms with E-state index < -0.39 is 11.6 Å². The third kappa shape index (κ3) is 1.75. The van der Waals surface area contributed by atoms with Gasteiger partial charge in [0, 0.05) is 11.6 Å². The van der Waals surface area contributed by atoms with Crippen molar-refractivity contribution in [3.63, 3.8) is 0 Å². The smallest absolute Gasteiger partial charge is 0.153 e. The number of halogens is 3. The number of fused-ring (bicyclic) bond motifs is 1. The number of imidazole rings is 1. The van der Waals surface area contributed by atoms with Gasteiger partial charge < -0.3 is 4.98 Å². The SMILES string of the molecule is Fc1cc(F)c2nc(-c3ccccc3Cl)[nH]c2c1. The van der Waals surface area contributed by atoms with Crippen molar-refractivity contribution < 1.29 is 8.78 Å². The number of nitrogens with one attached hydrogen (secondary N) is 1. The largest absolute Gasteiger partial charge is 0.338 e. The molecule has 3 rings (SSSR count). The molecule has 0 fully saturated rings. The third-order valence-corrected chi connectivity index (χ3v) is 2.96. The standard InChI is InChI=1S/C13H7ClF2N2/c14-9-4-2-1-3-8(9)13-17-11-6-7(15)5-10(16)12(11)18-13/h1-6H,(H,17,18). The van der Waals surface area contributed by atoms with Crippen molar-refractivity contribution in [2.75, 3.05) is 0 Å². The highest BCUT2D eigenvalue weighted by atomic mass is 35.5. The summed E-state index contributed by atoms with van der Waals surface area (Å²) in [6.45, 7) is 0. The molecule has 0 saturated heterocycles. The van der Waals surface area contributed by atoms with Gasteiger partial charge in [-0.25, -0.2) is 13.8 Å². The average Bonchev–Trinajstić information content (AvgIpc) is 2.73. The van der Waals surface area contributed by atoms with Crippen LogP contribution in [0, 0.1) is 11.6 Å². The molecule has 1 N–H and O–H groups in total. The fraction of sp³-hybridized carbons (Fsp3) is 0. The van der Waals surface area contributed by atoms with Crippen molar-refractivity contribution in [1.29, 1.82) is 0 Å². The Morgan fingerprint density at radius 2 is 1.89 bits per heavy atom. The number of H-pyrrole nitrogens is 1. The number of aromatic amines is 1. The molecule has 0 radical (unpaired) electrons. The molecule has 0 aliphatic heterocycles. The molecule has 0 bridgehead atoms. The van der Waals surface area contributed by atoms with Crippen LogP contribution in [0.4, 0.5) is 8.78 Å². The lowest BCUT2D eigenvalue weighted by Crippen LogP contribution is -1.81. The first-order chi connectivity index (χ1) is 8.65. The van der Waals surface area contributed by atoms with Gasteiger partial charge in [-0.05, 0) is 18.2 Å². The quantitative estimate of drug-likeness (QED) is 0.702. The normalized spacial score (nSPS) is 11.1. The lowest BCUT2D eigenvalue weighted by Gasteiger charge is -1.98. The van der Waals surface area contributed by atoms with Gasteiger partial charge in [0.1, 0.15) is 17.2 Å². The van der Waals surface area contributed by atoms with Crippen LogP contribution in [0.2, 0.25) is 5.02 Å². The Hall–Kier alpha value is -1.94. The summed E-state index contributed by atoms with van der Waals surface area (Å²) in [5.74, 6) is -0.922. The zero-order valence-corrected chi connectivity index (χ0v) is 9.80. The lowest BCUT2D eigenvalue weighted by molar-refractivity contribution is 0.591. The van der Waals surface area contributed by atoms with Crippen LogP contribution < -0.4 is 0 Å². The maximum atomic E-state index is 13.5. The maximum absolute atomic E-state index is 13.5. The van der Waals surface area contributed by atoms with Gasteiger partial charge in [0.25, 0.3) is 0 Å². The number of nitrogens with zero attached hydrogens (tertiary/aromatic N) is 1. The Morgan fingerprint density at radius 1 is 1.11 bits per heavy atom. The second-order valence-corrected chi connectivity index (χ2v) is 4.26. The van der Waals surface area contributed by atoms with Crippen LogP contribution >= 0.6 is 11.6 Å². The number of aromatic nitrogens is 2. The number of hydrogen-bond acceptors (Lipinski definition) is 1. The highest BCUT2D eigenvalue weighted by Crippen LogP contribution is 2.28. The molecule has 3 aromatic rings. The summed E-state index contributed by atoms with van der Waals surface area (Å²) in [5.41, 5.74) is 1.06. The fourth-order valence-electron chi connectivity index (χ4n) is 1.82. The fourth-order valence-corrected chi connectivity index (χ4v) is 2.05. The molecule has 0 aliphatic carbocycles. The molecular weight excluding hydrogens is 258 g/mol. The molecule has 0 saturated carbocycles. The van der Waals surface area contributed by atoms with Crippen molar-refractivity contribution in [3.05, 3.63) is 53.1 Å². The molecule has 90 valence electrons. The Balaban J connectivity index is 2.26. The summed E-state index contributed by atoms with van der Waals surface area (Å²) >= 11 is 6.03. The minimum Gasteiger partial charge on any atom is -0.338 e. The second kappa shape index (κ2) is 4.07. The van der Waals surface area contributed by atoms with E-state index in [4.69, 9.17) is 11.6 Å². The van der Waals surface area contributed by atoms with Gasteiger partial charge in [-0.2, -0.15) is 0 Å². The van der Waals surface area contributed by atoms with Crippen molar-refractivity contribution in [3.8, 4) is 11.4 Å². The predicted molar refractivity (Wildman–Crippen MR) is 66.5 cm³/mol. The van der Waals surface area contributed by atoms with E-state index in [-0.39, 0.29) is 5.52 Å². The first kappa shape index (κ1) is 11.2. The van der Waals surface area contributed by atoms with Gasteiger partial charge in [0.2, 0.25) is 0 Å². The van der Waals surface area contributed by atoms with Crippen LogP contribution in [0.25, 0.3) is 22.4 Å². The minimum absolute atomic E-state index is 0.103. The molecule has 2 aromatic carbocycles. The highest BCUT2D eigenvalue weighted by Gasteiger charge is 2.12. The van der Waals surface area contributed by atoms with Crippen LogP contribution in [-0.4, -0.2) is 9.97 Å². The monoisotopic (exact) mass is 264 g/mol. The first-order valence-corrected chi connectivity index (χ1v) is 5.62. The third-order valence-electron chi connectivity index (χ3n) is 2.63. The van der Waals surface area contributed by atoms with Crippen LogP contribution in [-0.2, 0) is 0 Å². The van der Waals surface area contributed by atoms with Gasteiger partial charge in [0.15, 0.2) is 5.82 Å². The molecule has 5 heteroatoms. The summed E-state index contributed by atoms with van der Waals surface area (Å²) in [5, 5.41) is 0.498. The topological polar surface area (TPSA) is 28.7 Å². The Labute approximate surface area is 106 Å². The summed E-state index contributed by atoms with van der Waals surface area (Å²) in [7, 11) is 0. The molecule has 2 nitrogen and oxygen atoms in total. The van der Waals surface area contributed by atoms with E-state index in [1.54, 1.807) is 24.3 Å². The van der Waals surface area contributed by atoms with Crippen LogP contribution in [0.5, 0.6) is 0 Å². The zero-order valence-electron chi connectivity index (χ0n) is 9.05. The maximum Gasteiger partial charge on any atom is 0.153 e.